The minimum Gasteiger partial charge on any atom is -0.379 e. The molecule has 0 bridgehead atoms. The van der Waals surface area contributed by atoms with Gasteiger partial charge in [0.2, 0.25) is 5.91 Å². The Bertz CT molecular complexity index is 1090. The average Bonchev–Trinajstić information content (AvgIpc) is 3.09. The molecule has 0 radical (unpaired) electrons. The lowest BCUT2D eigenvalue weighted by Crippen LogP contribution is -2.53. The smallest absolute Gasteiger partial charge is 0.286 e. The number of benzene rings is 1. The fourth-order valence-corrected chi connectivity index (χ4v) is 6.29. The van der Waals surface area contributed by atoms with Gasteiger partial charge in [-0.3, -0.25) is 14.5 Å². The maximum Gasteiger partial charge on any atom is 0.286 e. The number of morpholine rings is 1. The molecule has 2 amide bonds. The van der Waals surface area contributed by atoms with Gasteiger partial charge in [-0.1, -0.05) is 6.42 Å². The van der Waals surface area contributed by atoms with Crippen molar-refractivity contribution in [2.24, 2.45) is 4.40 Å². The topological polar surface area (TPSA) is 103 Å². The van der Waals surface area contributed by atoms with Gasteiger partial charge in [-0.15, -0.1) is 4.40 Å². The lowest BCUT2D eigenvalue weighted by Gasteiger charge is -2.36. The summed E-state index contributed by atoms with van der Waals surface area (Å²) in [6.45, 7) is 5.71. The van der Waals surface area contributed by atoms with Crippen LogP contribution in [0, 0.1) is 0 Å². The van der Waals surface area contributed by atoms with Crippen molar-refractivity contribution in [1.82, 2.24) is 14.7 Å². The van der Waals surface area contributed by atoms with E-state index in [9.17, 15) is 18.0 Å². The van der Waals surface area contributed by atoms with Crippen LogP contribution in [0.15, 0.2) is 27.5 Å². The number of amides is 2. The van der Waals surface area contributed by atoms with Gasteiger partial charge in [0.05, 0.1) is 25.4 Å². The first kappa shape index (κ1) is 23.3. The summed E-state index contributed by atoms with van der Waals surface area (Å²) in [6.07, 6.45) is 3.60. The largest absolute Gasteiger partial charge is 0.379 e. The third-order valence-corrected chi connectivity index (χ3v) is 8.31. The second kappa shape index (κ2) is 9.63. The molecule has 3 saturated heterocycles. The van der Waals surface area contributed by atoms with E-state index < -0.39 is 10.0 Å². The van der Waals surface area contributed by atoms with Crippen molar-refractivity contribution in [1.29, 1.82) is 0 Å². The van der Waals surface area contributed by atoms with E-state index in [2.05, 4.69) is 9.30 Å². The molecule has 0 atom stereocenters. The van der Waals surface area contributed by atoms with Crippen LogP contribution in [0.2, 0.25) is 0 Å². The van der Waals surface area contributed by atoms with Gasteiger partial charge in [0.25, 0.3) is 15.9 Å². The number of ether oxygens (including phenoxy) is 1. The summed E-state index contributed by atoms with van der Waals surface area (Å²) in [4.78, 5) is 33.5. The van der Waals surface area contributed by atoms with Crippen molar-refractivity contribution < 1.29 is 22.7 Å². The van der Waals surface area contributed by atoms with Crippen LogP contribution in [0.25, 0.3) is 0 Å². The van der Waals surface area contributed by atoms with Crippen LogP contribution in [0.5, 0.6) is 0 Å². The number of rotatable bonds is 3. The summed E-state index contributed by atoms with van der Waals surface area (Å²) >= 11 is 0. The molecule has 34 heavy (non-hydrogen) atoms. The minimum atomic E-state index is -3.84. The Morgan fingerprint density at radius 3 is 2.41 bits per heavy atom. The number of hydrogen-bond donors (Lipinski definition) is 0. The zero-order valence-electron chi connectivity index (χ0n) is 19.3. The summed E-state index contributed by atoms with van der Waals surface area (Å²) in [5.74, 6) is 0.450. The Kier molecular flexibility index (Phi) is 6.59. The molecule has 4 aliphatic rings. The maximum atomic E-state index is 13.2. The number of amidine groups is 1. The molecular weight excluding hydrogens is 458 g/mol. The molecule has 0 unspecified atom stereocenters. The monoisotopic (exact) mass is 489 g/mol. The molecule has 0 aromatic heterocycles. The Morgan fingerprint density at radius 1 is 0.912 bits per heavy atom. The molecule has 4 heterocycles. The molecule has 5 rings (SSSR count). The fourth-order valence-electron chi connectivity index (χ4n) is 5.00. The SMILES string of the molecule is O=C(CN1CCOCC1)N1CCN(C(=O)c2ccc3c(c2)S(=O)(=O)N=C2CCCCCN23)CC1. The standard InChI is InChI=1S/C23H31N5O5S/c29-22(17-25-12-14-33-15-13-25)26-8-10-27(11-9-26)23(30)18-5-6-19-20(16-18)34(31,32)24-21-4-2-1-3-7-28(19)21/h5-6,16H,1-4,7-15,17H2. The molecule has 1 aromatic carbocycles. The highest BCUT2D eigenvalue weighted by Crippen LogP contribution is 2.35. The third-order valence-electron chi connectivity index (χ3n) is 6.98. The number of piperazine rings is 1. The molecule has 0 N–H and O–H groups in total. The second-order valence-electron chi connectivity index (χ2n) is 9.19. The first-order valence-electron chi connectivity index (χ1n) is 12.0. The van der Waals surface area contributed by atoms with Gasteiger partial charge in [-0.25, -0.2) is 0 Å². The van der Waals surface area contributed by atoms with Gasteiger partial charge in [0.1, 0.15) is 10.7 Å². The number of sulfonamides is 1. The van der Waals surface area contributed by atoms with E-state index in [1.807, 2.05) is 4.90 Å². The Hall–Kier alpha value is -2.50. The van der Waals surface area contributed by atoms with Crippen LogP contribution in [0.3, 0.4) is 0 Å². The summed E-state index contributed by atoms with van der Waals surface area (Å²) in [5.41, 5.74) is 0.950. The lowest BCUT2D eigenvalue weighted by molar-refractivity contribution is -0.134. The molecule has 10 nitrogen and oxygen atoms in total. The summed E-state index contributed by atoms with van der Waals surface area (Å²) in [6, 6.07) is 4.91. The first-order chi connectivity index (χ1) is 16.4. The average molecular weight is 490 g/mol. The molecule has 0 saturated carbocycles. The van der Waals surface area contributed by atoms with Gasteiger partial charge < -0.3 is 19.4 Å². The lowest BCUT2D eigenvalue weighted by atomic mass is 10.1. The van der Waals surface area contributed by atoms with E-state index in [4.69, 9.17) is 4.74 Å². The van der Waals surface area contributed by atoms with E-state index in [0.29, 0.717) is 69.4 Å². The number of nitrogens with zero attached hydrogens (tertiary/aromatic N) is 5. The van der Waals surface area contributed by atoms with Crippen LogP contribution in [0.1, 0.15) is 36.0 Å². The predicted octanol–water partition coefficient (Wildman–Crippen LogP) is 0.784. The maximum absolute atomic E-state index is 13.2. The van der Waals surface area contributed by atoms with Gasteiger partial charge in [0, 0.05) is 57.8 Å². The highest BCUT2D eigenvalue weighted by Gasteiger charge is 2.33. The minimum absolute atomic E-state index is 0.0694. The molecule has 184 valence electrons. The molecule has 11 heteroatoms. The number of hydrogen-bond acceptors (Lipinski definition) is 7. The van der Waals surface area contributed by atoms with Gasteiger partial charge >= 0.3 is 0 Å². The van der Waals surface area contributed by atoms with E-state index >= 15 is 0 Å². The molecule has 3 fully saturated rings. The zero-order chi connectivity index (χ0) is 23.7. The normalized spacial score (nSPS) is 22.9. The van der Waals surface area contributed by atoms with Gasteiger partial charge in [-0.05, 0) is 31.0 Å². The second-order valence-corrected chi connectivity index (χ2v) is 10.8. The van der Waals surface area contributed by atoms with Crippen molar-refractivity contribution in [3.8, 4) is 0 Å². The third kappa shape index (κ3) is 4.69. The van der Waals surface area contributed by atoms with E-state index in [0.717, 1.165) is 38.9 Å². The summed E-state index contributed by atoms with van der Waals surface area (Å²) < 4.78 is 35.1. The van der Waals surface area contributed by atoms with Gasteiger partial charge in [-0.2, -0.15) is 8.42 Å². The molecule has 4 aliphatic heterocycles. The van der Waals surface area contributed by atoms with Crippen LogP contribution >= 0.6 is 0 Å². The first-order valence-corrected chi connectivity index (χ1v) is 13.5. The summed E-state index contributed by atoms with van der Waals surface area (Å²) in [5, 5.41) is 0. The van der Waals surface area contributed by atoms with E-state index in [-0.39, 0.29) is 16.7 Å². The molecular formula is C23H31N5O5S. The van der Waals surface area contributed by atoms with Crippen LogP contribution in [0.4, 0.5) is 5.69 Å². The van der Waals surface area contributed by atoms with Crippen LogP contribution < -0.4 is 4.90 Å². The van der Waals surface area contributed by atoms with Crippen LogP contribution in [-0.4, -0.2) is 106 Å². The summed E-state index contributed by atoms with van der Waals surface area (Å²) in [7, 11) is -3.84. The van der Waals surface area contributed by atoms with Crippen LogP contribution in [-0.2, 0) is 19.6 Å². The molecule has 0 spiro atoms. The Balaban J connectivity index is 1.25. The molecule has 0 aliphatic carbocycles. The van der Waals surface area contributed by atoms with E-state index in [1.165, 1.54) is 6.07 Å². The zero-order valence-corrected chi connectivity index (χ0v) is 20.1. The number of carbonyl (C=O) groups is 2. The van der Waals surface area contributed by atoms with E-state index in [1.54, 1.807) is 21.9 Å². The van der Waals surface area contributed by atoms with Crippen molar-refractivity contribution in [2.45, 2.75) is 30.6 Å². The number of fused-ring (bicyclic) bond motifs is 3. The number of anilines is 1. The molecule has 1 aromatic rings. The Morgan fingerprint density at radius 2 is 1.65 bits per heavy atom. The predicted molar refractivity (Wildman–Crippen MR) is 127 cm³/mol. The fraction of sp³-hybridized carbons (Fsp3) is 0.609. The van der Waals surface area contributed by atoms with Crippen molar-refractivity contribution in [3.05, 3.63) is 23.8 Å². The Labute approximate surface area is 200 Å². The van der Waals surface area contributed by atoms with Crippen molar-refractivity contribution in [2.75, 3.05) is 70.5 Å². The quantitative estimate of drug-likeness (QED) is 0.618. The van der Waals surface area contributed by atoms with Crippen molar-refractivity contribution in [3.63, 3.8) is 0 Å². The highest BCUT2D eigenvalue weighted by molar-refractivity contribution is 7.90. The van der Waals surface area contributed by atoms with Gasteiger partial charge in [0.15, 0.2) is 0 Å². The van der Waals surface area contributed by atoms with Crippen molar-refractivity contribution >= 4 is 33.4 Å². The number of carbonyl (C=O) groups excluding carboxylic acids is 2. The highest BCUT2D eigenvalue weighted by atomic mass is 32.2.